The van der Waals surface area contributed by atoms with E-state index in [1.54, 1.807) is 24.5 Å². The van der Waals surface area contributed by atoms with Gasteiger partial charge in [-0.15, -0.1) is 35.3 Å². The van der Waals surface area contributed by atoms with Gasteiger partial charge in [-0.05, 0) is 11.0 Å². The fraction of sp³-hybridized carbons (Fsp3) is 0. The van der Waals surface area contributed by atoms with E-state index in [0.29, 0.717) is 0 Å². The van der Waals surface area contributed by atoms with Crippen molar-refractivity contribution in [2.45, 2.75) is 0 Å². The van der Waals surface area contributed by atoms with Gasteiger partial charge in [0.1, 0.15) is 0 Å². The van der Waals surface area contributed by atoms with Gasteiger partial charge in [0.2, 0.25) is 0 Å². The average molecular weight is 391 g/mol. The molecule has 4 rings (SSSR count). The summed E-state index contributed by atoms with van der Waals surface area (Å²) >= 11 is 11.8. The summed E-state index contributed by atoms with van der Waals surface area (Å²) in [5.74, 6) is 0. The first-order chi connectivity index (χ1) is 10.8. The second kappa shape index (κ2) is 8.35. The monoisotopic (exact) mass is 388 g/mol. The van der Waals surface area contributed by atoms with Gasteiger partial charge in [0, 0.05) is 12.4 Å². The number of fused-ring (bicyclic) bond motifs is 2. The van der Waals surface area contributed by atoms with Crippen LogP contribution in [0, 0.1) is 12.1 Å². The molecule has 0 N–H and O–H groups in total. The Balaban J connectivity index is 0.000000160. The zero-order valence-corrected chi connectivity index (χ0v) is 16.6. The molecule has 0 aliphatic carbocycles. The molecule has 0 amide bonds. The maximum absolute atomic E-state index is 5.90. The fourth-order valence-electron chi connectivity index (χ4n) is 1.99. The molecule has 0 unspecified atom stereocenters. The third-order valence-electron chi connectivity index (χ3n) is 3.03. The molecule has 0 bridgehead atoms. The van der Waals surface area contributed by atoms with E-state index in [1.807, 2.05) is 36.4 Å². The molecule has 5 heteroatoms. The Morgan fingerprint density at radius 3 is 1.52 bits per heavy atom. The van der Waals surface area contributed by atoms with Gasteiger partial charge in [-0.3, -0.25) is 9.97 Å². The first-order valence-electron chi connectivity index (χ1n) is 6.57. The number of pyridine rings is 2. The van der Waals surface area contributed by atoms with Gasteiger partial charge in [-0.2, -0.15) is 36.4 Å². The van der Waals surface area contributed by atoms with Crippen LogP contribution in [0.1, 0.15) is 0 Å². The van der Waals surface area contributed by atoms with Gasteiger partial charge < -0.3 is 0 Å². The molecule has 23 heavy (non-hydrogen) atoms. The van der Waals surface area contributed by atoms with Crippen LogP contribution in [-0.2, 0) is 19.5 Å². The minimum absolute atomic E-state index is 0. The number of benzene rings is 2. The van der Waals surface area contributed by atoms with Gasteiger partial charge in [-0.1, -0.05) is 33.0 Å². The number of nitrogens with zero attached hydrogens (tertiary/aromatic N) is 2. The summed E-state index contributed by atoms with van der Waals surface area (Å²) in [6.45, 7) is 0. The predicted octanol–water partition coefficient (Wildman–Crippen LogP) is 5.37. The Morgan fingerprint density at radius 2 is 1.13 bits per heavy atom. The summed E-state index contributed by atoms with van der Waals surface area (Å²) in [6, 6.07) is 20.8. The molecule has 2 nitrogen and oxygen atoms in total. The van der Waals surface area contributed by atoms with Crippen LogP contribution in [0.15, 0.2) is 60.9 Å². The molecular weight excluding hydrogens is 381 g/mol. The van der Waals surface area contributed by atoms with Crippen LogP contribution in [0.3, 0.4) is 0 Å². The van der Waals surface area contributed by atoms with Crippen molar-refractivity contribution in [1.29, 1.82) is 0 Å². The molecule has 0 aliphatic rings. The van der Waals surface area contributed by atoms with Crippen LogP contribution in [0.25, 0.3) is 21.8 Å². The van der Waals surface area contributed by atoms with Crippen molar-refractivity contribution in [2.24, 2.45) is 0 Å². The number of rotatable bonds is 0. The second-order valence-corrected chi connectivity index (χ2v) is 5.26. The number of hydrogen-bond acceptors (Lipinski definition) is 2. The van der Waals surface area contributed by atoms with Crippen LogP contribution >= 0.6 is 23.2 Å². The van der Waals surface area contributed by atoms with Crippen LogP contribution in [-0.4, -0.2) is 9.97 Å². The average Bonchev–Trinajstić information content (AvgIpc) is 2.57. The molecule has 0 atom stereocenters. The first-order valence-corrected chi connectivity index (χ1v) is 7.33. The minimum atomic E-state index is 0. The van der Waals surface area contributed by atoms with E-state index in [1.165, 1.54) is 0 Å². The van der Waals surface area contributed by atoms with Crippen molar-refractivity contribution in [1.82, 2.24) is 9.97 Å². The predicted molar refractivity (Wildman–Crippen MR) is 91.2 cm³/mol. The summed E-state index contributed by atoms with van der Waals surface area (Å²) in [6.07, 6.45) is 3.46. The van der Waals surface area contributed by atoms with Crippen molar-refractivity contribution in [2.75, 3.05) is 0 Å². The van der Waals surface area contributed by atoms with Gasteiger partial charge in [0.05, 0.1) is 0 Å². The largest absolute Gasteiger partial charge is 2.00 e. The minimum Gasteiger partial charge on any atom is -0.283 e. The molecule has 0 aliphatic heterocycles. The number of aromatic nitrogens is 2. The zero-order valence-electron chi connectivity index (χ0n) is 12.1. The first kappa shape index (κ1) is 17.8. The molecule has 4 aromatic rings. The normalized spacial score (nSPS) is 9.83. The van der Waals surface area contributed by atoms with Gasteiger partial charge >= 0.3 is 19.5 Å². The summed E-state index contributed by atoms with van der Waals surface area (Å²) in [7, 11) is 0. The molecule has 108 valence electrons. The van der Waals surface area contributed by atoms with Crippen molar-refractivity contribution in [3.63, 3.8) is 0 Å². The Hall–Kier alpha value is -1.54. The van der Waals surface area contributed by atoms with Crippen molar-refractivity contribution in [3.8, 4) is 0 Å². The van der Waals surface area contributed by atoms with Gasteiger partial charge in [0.25, 0.3) is 0 Å². The van der Waals surface area contributed by atoms with Gasteiger partial charge in [-0.25, -0.2) is 0 Å². The SMILES string of the molecule is Clc1cc[c-]c2ncccc12.Clc1cc[c-]c2ncccc12.[Zn+2]. The number of halogens is 2. The molecule has 0 radical (unpaired) electrons. The Bertz CT molecular complexity index is 841. The van der Waals surface area contributed by atoms with E-state index in [0.717, 1.165) is 31.9 Å². The summed E-state index contributed by atoms with van der Waals surface area (Å²) in [5.41, 5.74) is 1.64. The van der Waals surface area contributed by atoms with Crippen LogP contribution < -0.4 is 0 Å². The van der Waals surface area contributed by atoms with Crippen molar-refractivity contribution >= 4 is 45.0 Å². The standard InChI is InChI=1S/2C9H5ClN.Zn/c2*10-8-4-1-5-9-7(8)3-2-6-11-9;/h2*1-4,6H;/q2*-1;+2. The smallest absolute Gasteiger partial charge is 0.283 e. The summed E-state index contributed by atoms with van der Waals surface area (Å²) in [4.78, 5) is 8.20. The topological polar surface area (TPSA) is 25.8 Å². The molecule has 2 heterocycles. The maximum Gasteiger partial charge on any atom is 2.00 e. The molecular formula is C18H10Cl2N2Zn. The van der Waals surface area contributed by atoms with Gasteiger partial charge in [0.15, 0.2) is 0 Å². The maximum atomic E-state index is 5.90. The Kier molecular flexibility index (Phi) is 6.47. The molecule has 0 saturated heterocycles. The fourth-order valence-corrected chi connectivity index (χ4v) is 2.42. The Labute approximate surface area is 157 Å². The van der Waals surface area contributed by atoms with E-state index in [2.05, 4.69) is 22.1 Å². The summed E-state index contributed by atoms with van der Waals surface area (Å²) < 4.78 is 0. The summed E-state index contributed by atoms with van der Waals surface area (Å²) in [5, 5.41) is 3.37. The second-order valence-electron chi connectivity index (χ2n) is 4.45. The van der Waals surface area contributed by atoms with E-state index in [-0.39, 0.29) is 19.5 Å². The van der Waals surface area contributed by atoms with Crippen molar-refractivity contribution in [3.05, 3.63) is 83.1 Å². The number of hydrogen-bond donors (Lipinski definition) is 0. The van der Waals surface area contributed by atoms with Crippen LogP contribution in [0.2, 0.25) is 10.0 Å². The molecule has 0 fully saturated rings. The molecule has 2 aromatic carbocycles. The third-order valence-corrected chi connectivity index (χ3v) is 3.69. The van der Waals surface area contributed by atoms with E-state index in [4.69, 9.17) is 23.2 Å². The zero-order chi connectivity index (χ0) is 15.4. The quantitative estimate of drug-likeness (QED) is 0.298. The van der Waals surface area contributed by atoms with Crippen molar-refractivity contribution < 1.29 is 19.5 Å². The van der Waals surface area contributed by atoms with Crippen LogP contribution in [0.5, 0.6) is 0 Å². The third kappa shape index (κ3) is 4.26. The van der Waals surface area contributed by atoms with E-state index >= 15 is 0 Å². The van der Waals surface area contributed by atoms with E-state index in [9.17, 15) is 0 Å². The Morgan fingerprint density at radius 1 is 0.696 bits per heavy atom. The molecule has 2 aromatic heterocycles. The molecule has 0 saturated carbocycles. The molecule has 0 spiro atoms. The van der Waals surface area contributed by atoms with E-state index < -0.39 is 0 Å². The van der Waals surface area contributed by atoms with Crippen LogP contribution in [0.4, 0.5) is 0 Å².